The summed E-state index contributed by atoms with van der Waals surface area (Å²) in [4.78, 5) is 9.47. The minimum absolute atomic E-state index is 0.0274. The van der Waals surface area contributed by atoms with Crippen LogP contribution in [0.4, 0.5) is 0 Å². The van der Waals surface area contributed by atoms with E-state index in [2.05, 4.69) is 9.38 Å². The predicted octanol–water partition coefficient (Wildman–Crippen LogP) is 11.5. The molecule has 0 radical (unpaired) electrons. The summed E-state index contributed by atoms with van der Waals surface area (Å²) < 4.78 is 89.2. The molecule has 0 spiro atoms. The lowest BCUT2D eigenvalue weighted by atomic mass is 9.72. The molecule has 246 valence electrons. The molecule has 8 aromatic rings. The van der Waals surface area contributed by atoms with Gasteiger partial charge in [0.05, 0.1) is 22.1 Å². The second kappa shape index (κ2) is 10.7. The Kier molecular flexibility index (Phi) is 4.71. The topological polar surface area (TPSA) is 44.4 Å². The zero-order valence-corrected chi connectivity index (χ0v) is 28.2. The van der Waals surface area contributed by atoms with Gasteiger partial charge in [-0.25, -0.2) is 9.97 Å². The highest BCUT2D eigenvalue weighted by Gasteiger charge is 2.38. The average molecular weight is 662 g/mol. The molecule has 50 heavy (non-hydrogen) atoms. The number of aryl methyl sites for hydroxylation is 2. The molecule has 0 N–H and O–H groups in total. The summed E-state index contributed by atoms with van der Waals surface area (Å²) >= 11 is 0. The highest BCUT2D eigenvalue weighted by atomic mass is 16.5. The summed E-state index contributed by atoms with van der Waals surface area (Å²) in [5.74, 6) is 1.07. The number of imidazole rings is 2. The predicted molar refractivity (Wildman–Crippen MR) is 205 cm³/mol. The summed E-state index contributed by atoms with van der Waals surface area (Å²) in [5, 5.41) is 0. The Morgan fingerprint density at radius 2 is 1.48 bits per heavy atom. The van der Waals surface area contributed by atoms with Gasteiger partial charge in [0.1, 0.15) is 5.75 Å². The Labute approximate surface area is 305 Å². The fourth-order valence-corrected chi connectivity index (χ4v) is 7.51. The van der Waals surface area contributed by atoms with Crippen LogP contribution in [0.5, 0.6) is 11.6 Å². The lowest BCUT2D eigenvalue weighted by Crippen LogP contribution is -2.26. The smallest absolute Gasteiger partial charge is 0.223 e. The second-order valence-electron chi connectivity index (χ2n) is 14.2. The van der Waals surface area contributed by atoms with Gasteiger partial charge in [-0.1, -0.05) is 95.2 Å². The lowest BCUT2D eigenvalue weighted by Gasteiger charge is -2.36. The Bertz CT molecular complexity index is 3000. The molecule has 0 saturated heterocycles. The van der Waals surface area contributed by atoms with E-state index in [1.54, 1.807) is 61.7 Å². The molecule has 0 amide bonds. The lowest BCUT2D eigenvalue weighted by molar-refractivity contribution is 0.401. The number of para-hydroxylation sites is 4. The van der Waals surface area contributed by atoms with Crippen molar-refractivity contribution in [2.45, 2.75) is 59.1 Å². The molecule has 4 heterocycles. The first kappa shape index (κ1) is 22.1. The molecule has 0 bridgehead atoms. The van der Waals surface area contributed by atoms with Crippen molar-refractivity contribution in [1.29, 1.82) is 0 Å². The van der Waals surface area contributed by atoms with Crippen LogP contribution in [0.3, 0.4) is 0 Å². The van der Waals surface area contributed by atoms with Crippen LogP contribution in [0.15, 0.2) is 115 Å². The first-order valence-electron chi connectivity index (χ1n) is 21.2. The number of fused-ring (bicyclic) bond motifs is 7. The minimum Gasteiger partial charge on any atom is -0.438 e. The molecular formula is C45H40N4O. The summed E-state index contributed by atoms with van der Waals surface area (Å²) in [5.41, 5.74) is 5.09. The number of pyridine rings is 1. The molecule has 9 rings (SSSR count). The van der Waals surface area contributed by atoms with E-state index in [9.17, 15) is 0 Å². The van der Waals surface area contributed by atoms with Gasteiger partial charge in [0.25, 0.3) is 0 Å². The summed E-state index contributed by atoms with van der Waals surface area (Å²) in [6.45, 7) is -0.0168. The third kappa shape index (κ3) is 4.39. The van der Waals surface area contributed by atoms with E-state index in [4.69, 9.17) is 22.1 Å². The number of ether oxygens (including phenoxy) is 1. The number of benzene rings is 5. The molecule has 1 atom stereocenters. The second-order valence-corrected chi connectivity index (χ2v) is 14.2. The van der Waals surface area contributed by atoms with E-state index in [0.29, 0.717) is 39.5 Å². The van der Waals surface area contributed by atoms with Crippen LogP contribution in [0, 0.1) is 13.7 Å². The largest absolute Gasteiger partial charge is 0.438 e. The van der Waals surface area contributed by atoms with Crippen molar-refractivity contribution < 1.29 is 17.1 Å². The molecule has 0 aliphatic carbocycles. The van der Waals surface area contributed by atoms with Gasteiger partial charge >= 0.3 is 0 Å². The van der Waals surface area contributed by atoms with Crippen LogP contribution in [0.2, 0.25) is 0 Å². The summed E-state index contributed by atoms with van der Waals surface area (Å²) in [6, 6.07) is 32.7. The molecule has 5 nitrogen and oxygen atoms in total. The van der Waals surface area contributed by atoms with E-state index in [1.807, 2.05) is 79.9 Å². The SMILES string of the molecule is [2H]C([2H])([2H])c1ccc(-c2c(C(C)(C)C)ccc3c2Oc2ncccc2C3(C)C([2H])([2H])[2H])cc1-c1cc(-n2c3ccccc3n3c4ccccc4nc23)ccc1C([2H])([2H])[2H]. The fourth-order valence-electron chi connectivity index (χ4n) is 7.51. The van der Waals surface area contributed by atoms with Crippen LogP contribution < -0.4 is 4.74 Å². The van der Waals surface area contributed by atoms with E-state index < -0.39 is 31.4 Å². The normalized spacial score (nSPS) is 19.2. The van der Waals surface area contributed by atoms with Gasteiger partial charge in [-0.3, -0.25) is 8.97 Å². The number of nitrogens with zero attached hydrogens (tertiary/aromatic N) is 4. The molecule has 0 fully saturated rings. The Morgan fingerprint density at radius 3 is 2.26 bits per heavy atom. The number of hydrogen-bond acceptors (Lipinski definition) is 3. The number of rotatable bonds is 3. The molecule has 0 saturated carbocycles. The summed E-state index contributed by atoms with van der Waals surface area (Å²) in [7, 11) is 0. The van der Waals surface area contributed by atoms with E-state index >= 15 is 0 Å². The van der Waals surface area contributed by atoms with Crippen molar-refractivity contribution in [1.82, 2.24) is 18.9 Å². The van der Waals surface area contributed by atoms with Crippen molar-refractivity contribution in [3.05, 3.63) is 143 Å². The maximum atomic E-state index is 8.80. The van der Waals surface area contributed by atoms with Gasteiger partial charge < -0.3 is 4.74 Å². The molecule has 5 aromatic carbocycles. The van der Waals surface area contributed by atoms with Gasteiger partial charge in [0.15, 0.2) is 0 Å². The Balaban J connectivity index is 1.36. The van der Waals surface area contributed by atoms with Crippen LogP contribution in [0.1, 0.15) is 74.7 Å². The Hall–Kier alpha value is -5.68. The first-order chi connectivity index (χ1) is 27.7. The van der Waals surface area contributed by atoms with Gasteiger partial charge in [-0.05, 0) is 101 Å². The van der Waals surface area contributed by atoms with Gasteiger partial charge in [0, 0.05) is 46.3 Å². The average Bonchev–Trinajstić information content (AvgIpc) is 3.70. The molecular weight excluding hydrogens is 613 g/mol. The molecule has 5 heteroatoms. The van der Waals surface area contributed by atoms with Crippen molar-refractivity contribution in [2.24, 2.45) is 0 Å². The van der Waals surface area contributed by atoms with Crippen molar-refractivity contribution in [3.8, 4) is 39.6 Å². The van der Waals surface area contributed by atoms with Crippen molar-refractivity contribution in [3.63, 3.8) is 0 Å². The number of aromatic nitrogens is 4. The highest BCUT2D eigenvalue weighted by Crippen LogP contribution is 2.53. The zero-order valence-electron chi connectivity index (χ0n) is 37.2. The molecule has 3 aromatic heterocycles. The maximum Gasteiger partial charge on any atom is 0.223 e. The fraction of sp³-hybridized carbons (Fsp3) is 0.200. The van der Waals surface area contributed by atoms with E-state index in [1.165, 1.54) is 6.07 Å². The maximum absolute atomic E-state index is 8.80. The highest BCUT2D eigenvalue weighted by molar-refractivity contribution is 5.92. The third-order valence-electron chi connectivity index (χ3n) is 9.98. The molecule has 1 unspecified atom stereocenters. The monoisotopic (exact) mass is 661 g/mol. The Morgan fingerprint density at radius 1 is 0.740 bits per heavy atom. The first-order valence-corrected chi connectivity index (χ1v) is 16.7. The molecule has 1 aliphatic rings. The van der Waals surface area contributed by atoms with Gasteiger partial charge in [0.2, 0.25) is 11.7 Å². The quantitative estimate of drug-likeness (QED) is 0.189. The van der Waals surface area contributed by atoms with Gasteiger partial charge in [-0.15, -0.1) is 0 Å². The summed E-state index contributed by atoms with van der Waals surface area (Å²) in [6.07, 6.45) is 1.55. The van der Waals surface area contributed by atoms with Crippen molar-refractivity contribution >= 4 is 27.8 Å². The third-order valence-corrected chi connectivity index (χ3v) is 9.98. The van der Waals surface area contributed by atoms with Crippen LogP contribution in [0.25, 0.3) is 55.8 Å². The van der Waals surface area contributed by atoms with Gasteiger partial charge in [-0.2, -0.15) is 0 Å². The van der Waals surface area contributed by atoms with Crippen LogP contribution >= 0.6 is 0 Å². The van der Waals surface area contributed by atoms with Crippen LogP contribution in [-0.4, -0.2) is 18.9 Å². The van der Waals surface area contributed by atoms with Crippen LogP contribution in [-0.2, 0) is 10.8 Å². The minimum atomic E-state index is -2.65. The standard InChI is InChI=1S/C45H40N4O/c1-27-18-20-29(40-33(44(3,4)5)22-23-34-41(40)50-42-35(45(34,6)7)13-12-24-46-42)25-31(27)32-26-30(21-19-28(32)2)48-38-16-10-11-17-39(38)49-37-15-9-8-14-36(37)47-43(48)49/h8-26H,1-7H3/i1D3,2D3,6D3. The van der Waals surface area contributed by atoms with E-state index in [-0.39, 0.29) is 28.1 Å². The molecule has 1 aliphatic heterocycles. The zero-order chi connectivity index (χ0) is 42.0. The van der Waals surface area contributed by atoms with E-state index in [0.717, 1.165) is 27.6 Å². The van der Waals surface area contributed by atoms with Crippen molar-refractivity contribution in [2.75, 3.05) is 0 Å². The number of hydrogen-bond donors (Lipinski definition) is 0.